The molecule has 3 heterocycles. The Bertz CT molecular complexity index is 963. The quantitative estimate of drug-likeness (QED) is 0.541. The van der Waals surface area contributed by atoms with Crippen LogP contribution in [0.2, 0.25) is 0 Å². The average Bonchev–Trinajstić information content (AvgIpc) is 3.61. The smallest absolute Gasteiger partial charge is 0.266 e. The first-order valence-electron chi connectivity index (χ1n) is 9.22. The van der Waals surface area contributed by atoms with E-state index in [0.29, 0.717) is 48.1 Å². The molecule has 2 atom stereocenters. The van der Waals surface area contributed by atoms with Crippen molar-refractivity contribution in [3.8, 4) is 11.5 Å². The van der Waals surface area contributed by atoms with Crippen LogP contribution >= 0.6 is 0 Å². The fraction of sp³-hybridized carbons (Fsp3) is 0.333. The minimum atomic E-state index is -0.351. The minimum Gasteiger partial charge on any atom is -0.491 e. The van der Waals surface area contributed by atoms with Crippen LogP contribution in [0.5, 0.6) is 11.5 Å². The average molecular weight is 381 g/mol. The van der Waals surface area contributed by atoms with Gasteiger partial charge in [-0.25, -0.2) is 4.90 Å². The summed E-state index contributed by atoms with van der Waals surface area (Å²) < 4.78 is 21.6. The summed E-state index contributed by atoms with van der Waals surface area (Å²) in [4.78, 5) is 27.0. The summed E-state index contributed by atoms with van der Waals surface area (Å²) in [6.07, 6.45) is 0.288. The van der Waals surface area contributed by atoms with E-state index in [1.165, 1.54) is 4.90 Å². The number of hydrogen-bond donors (Lipinski definition) is 0. The highest BCUT2D eigenvalue weighted by atomic mass is 16.6. The summed E-state index contributed by atoms with van der Waals surface area (Å²) >= 11 is 0. The predicted molar refractivity (Wildman–Crippen MR) is 99.2 cm³/mol. The number of fused-ring (bicyclic) bond motifs is 1. The number of epoxide rings is 2. The number of aryl methyl sites for hydroxylation is 1. The Hall–Kier alpha value is -2.90. The highest BCUT2D eigenvalue weighted by Gasteiger charge is 2.38. The second-order valence-electron chi connectivity index (χ2n) is 7.13. The normalized spacial score (nSPS) is 22.2. The van der Waals surface area contributed by atoms with Gasteiger partial charge in [0.15, 0.2) is 0 Å². The molecule has 2 aromatic carbocycles. The van der Waals surface area contributed by atoms with Crippen LogP contribution in [-0.4, -0.2) is 50.4 Å². The molecule has 0 aliphatic carbocycles. The van der Waals surface area contributed by atoms with Gasteiger partial charge in [0.1, 0.15) is 36.9 Å². The highest BCUT2D eigenvalue weighted by molar-refractivity contribution is 6.34. The Balaban J connectivity index is 1.37. The molecule has 2 saturated heterocycles. The molecule has 5 rings (SSSR count). The van der Waals surface area contributed by atoms with Gasteiger partial charge in [-0.2, -0.15) is 0 Å². The van der Waals surface area contributed by atoms with Crippen molar-refractivity contribution in [1.29, 1.82) is 0 Å². The first kappa shape index (κ1) is 17.2. The molecule has 0 aromatic heterocycles. The molecule has 0 saturated carbocycles. The molecule has 144 valence electrons. The summed E-state index contributed by atoms with van der Waals surface area (Å²) in [5, 5.41) is 0. The van der Waals surface area contributed by atoms with E-state index >= 15 is 0 Å². The predicted octanol–water partition coefficient (Wildman–Crippen LogP) is 2.35. The molecule has 2 aromatic rings. The molecule has 0 bridgehead atoms. The maximum Gasteiger partial charge on any atom is 0.266 e. The van der Waals surface area contributed by atoms with Crippen LogP contribution in [0.15, 0.2) is 36.4 Å². The van der Waals surface area contributed by atoms with Crippen LogP contribution in [0.3, 0.4) is 0 Å². The lowest BCUT2D eigenvalue weighted by Gasteiger charge is -2.17. The molecule has 7 nitrogen and oxygen atoms in total. The molecule has 2 unspecified atom stereocenters. The Morgan fingerprint density at radius 2 is 1.46 bits per heavy atom. The van der Waals surface area contributed by atoms with Crippen LogP contribution in [0, 0.1) is 6.92 Å². The zero-order chi connectivity index (χ0) is 19.3. The maximum absolute atomic E-state index is 12.9. The third-order valence-corrected chi connectivity index (χ3v) is 4.94. The SMILES string of the molecule is Cc1cc(OCC2CO2)ccc1N1C(=O)c2ccc(OCC3CO3)cc2C1=O. The second kappa shape index (κ2) is 6.61. The van der Waals surface area contributed by atoms with Gasteiger partial charge in [0.25, 0.3) is 11.8 Å². The van der Waals surface area contributed by atoms with Crippen molar-refractivity contribution in [3.05, 3.63) is 53.1 Å². The van der Waals surface area contributed by atoms with Crippen LogP contribution in [-0.2, 0) is 9.47 Å². The molecule has 0 radical (unpaired) electrons. The number of nitrogens with zero attached hydrogens (tertiary/aromatic N) is 1. The second-order valence-corrected chi connectivity index (χ2v) is 7.13. The van der Waals surface area contributed by atoms with Gasteiger partial charge in [0.2, 0.25) is 0 Å². The van der Waals surface area contributed by atoms with E-state index in [4.69, 9.17) is 18.9 Å². The topological polar surface area (TPSA) is 80.9 Å². The van der Waals surface area contributed by atoms with Gasteiger partial charge in [-0.1, -0.05) is 0 Å². The van der Waals surface area contributed by atoms with E-state index in [2.05, 4.69) is 0 Å². The Morgan fingerprint density at radius 3 is 2.07 bits per heavy atom. The standard InChI is InChI=1S/C21H19NO6/c1-12-6-13(25-8-15-10-27-15)3-5-19(12)22-20(23)17-4-2-14(7-18(17)21(22)24)26-9-16-11-28-16/h2-7,15-16H,8-11H2,1H3. The van der Waals surface area contributed by atoms with E-state index in [1.807, 2.05) is 13.0 Å². The van der Waals surface area contributed by atoms with Crippen LogP contribution in [0.1, 0.15) is 26.3 Å². The van der Waals surface area contributed by atoms with Crippen molar-refractivity contribution < 1.29 is 28.5 Å². The number of imide groups is 1. The molecule has 3 aliphatic rings. The zero-order valence-electron chi connectivity index (χ0n) is 15.3. The molecule has 7 heteroatoms. The van der Waals surface area contributed by atoms with E-state index < -0.39 is 0 Å². The fourth-order valence-corrected chi connectivity index (χ4v) is 3.20. The Kier molecular flexibility index (Phi) is 4.07. The van der Waals surface area contributed by atoms with E-state index in [0.717, 1.165) is 12.2 Å². The van der Waals surface area contributed by atoms with Gasteiger partial charge in [0.05, 0.1) is 30.0 Å². The molecule has 2 fully saturated rings. The first-order chi connectivity index (χ1) is 13.6. The summed E-state index contributed by atoms with van der Waals surface area (Å²) in [7, 11) is 0. The molecule has 0 N–H and O–H groups in total. The number of anilines is 1. The van der Waals surface area contributed by atoms with E-state index in [1.54, 1.807) is 30.3 Å². The third-order valence-electron chi connectivity index (χ3n) is 4.94. The summed E-state index contributed by atoms with van der Waals surface area (Å²) in [5.74, 6) is 0.558. The number of carbonyl (C=O) groups is 2. The van der Waals surface area contributed by atoms with E-state index in [9.17, 15) is 9.59 Å². The largest absolute Gasteiger partial charge is 0.491 e. The summed E-state index contributed by atoms with van der Waals surface area (Å²) in [6.45, 7) is 4.22. The van der Waals surface area contributed by atoms with Gasteiger partial charge in [0, 0.05) is 0 Å². The lowest BCUT2D eigenvalue weighted by molar-refractivity contribution is 0.0925. The Morgan fingerprint density at radius 1 is 0.893 bits per heavy atom. The monoisotopic (exact) mass is 381 g/mol. The van der Waals surface area contributed by atoms with Gasteiger partial charge >= 0.3 is 0 Å². The fourth-order valence-electron chi connectivity index (χ4n) is 3.20. The maximum atomic E-state index is 12.9. The molecule has 3 aliphatic heterocycles. The molecular weight excluding hydrogens is 362 g/mol. The minimum absolute atomic E-state index is 0.122. The van der Waals surface area contributed by atoms with E-state index in [-0.39, 0.29) is 24.0 Å². The Labute approximate surface area is 161 Å². The van der Waals surface area contributed by atoms with Crippen LogP contribution in [0.25, 0.3) is 0 Å². The van der Waals surface area contributed by atoms with Gasteiger partial charge in [-0.05, 0) is 48.9 Å². The van der Waals surface area contributed by atoms with Crippen molar-refractivity contribution in [2.45, 2.75) is 19.1 Å². The third kappa shape index (κ3) is 3.23. The summed E-state index contributed by atoms with van der Waals surface area (Å²) in [6, 6.07) is 10.3. The first-order valence-corrected chi connectivity index (χ1v) is 9.22. The van der Waals surface area contributed by atoms with Crippen LogP contribution < -0.4 is 14.4 Å². The number of ether oxygens (including phenoxy) is 4. The van der Waals surface area contributed by atoms with Crippen LogP contribution in [0.4, 0.5) is 5.69 Å². The number of amides is 2. The number of benzene rings is 2. The van der Waals surface area contributed by atoms with Crippen molar-refractivity contribution in [1.82, 2.24) is 0 Å². The van der Waals surface area contributed by atoms with Gasteiger partial charge in [-0.3, -0.25) is 9.59 Å². The van der Waals surface area contributed by atoms with Crippen molar-refractivity contribution in [2.24, 2.45) is 0 Å². The zero-order valence-corrected chi connectivity index (χ0v) is 15.3. The molecule has 28 heavy (non-hydrogen) atoms. The molecular formula is C21H19NO6. The molecule has 0 spiro atoms. The number of carbonyl (C=O) groups excluding carboxylic acids is 2. The van der Waals surface area contributed by atoms with Crippen molar-refractivity contribution in [3.63, 3.8) is 0 Å². The molecule has 2 amide bonds. The summed E-state index contributed by atoms with van der Waals surface area (Å²) in [5.41, 5.74) is 2.07. The lowest BCUT2D eigenvalue weighted by Crippen LogP contribution is -2.30. The highest BCUT2D eigenvalue weighted by Crippen LogP contribution is 2.34. The number of hydrogen-bond acceptors (Lipinski definition) is 6. The van der Waals surface area contributed by atoms with Gasteiger partial charge in [-0.15, -0.1) is 0 Å². The van der Waals surface area contributed by atoms with Crippen molar-refractivity contribution in [2.75, 3.05) is 31.3 Å². The van der Waals surface area contributed by atoms with Gasteiger partial charge < -0.3 is 18.9 Å². The lowest BCUT2D eigenvalue weighted by atomic mass is 10.1. The van der Waals surface area contributed by atoms with Crippen molar-refractivity contribution >= 4 is 17.5 Å². The number of rotatable bonds is 7.